The molecule has 1 aliphatic rings. The Hall–Kier alpha value is -1.35. The fourth-order valence-electron chi connectivity index (χ4n) is 1.38. The number of fused-ring (bicyclic) bond motifs is 1. The van der Waals surface area contributed by atoms with Crippen molar-refractivity contribution in [3.8, 4) is 0 Å². The number of rotatable bonds is 1. The molecule has 1 heterocycles. The third-order valence-electron chi connectivity index (χ3n) is 2.07. The zero-order valence-corrected chi connectivity index (χ0v) is 8.14. The van der Waals surface area contributed by atoms with Crippen molar-refractivity contribution in [2.45, 2.75) is 4.90 Å². The Bertz CT molecular complexity index is 472. The summed E-state index contributed by atoms with van der Waals surface area (Å²) in [4.78, 5) is 8.09. The highest BCUT2D eigenvalue weighted by atomic mass is 32.2. The first-order valence-electron chi connectivity index (χ1n) is 3.91. The first-order chi connectivity index (χ1) is 6.92. The summed E-state index contributed by atoms with van der Waals surface area (Å²) in [6.45, 7) is 0. The van der Waals surface area contributed by atoms with Crippen molar-refractivity contribution in [3.05, 3.63) is 33.5 Å². The van der Waals surface area contributed by atoms with Crippen LogP contribution >= 0.6 is 0 Å². The molecule has 0 radical (unpaired) electrons. The number of hydrogen-bond acceptors (Lipinski definition) is 5. The van der Waals surface area contributed by atoms with Gasteiger partial charge in [-0.25, -0.2) is 9.42 Å². The average Bonchev–Trinajstić information content (AvgIpc) is 2.37. The van der Waals surface area contributed by atoms with Crippen LogP contribution in [-0.4, -0.2) is 20.2 Å². The standard InChI is InChI=1S/C7H6N2O5S/c10-8(11)5-1-2-7-6(3-5)9(12,13)4-15(7)14/h1-3,12H,4H2. The molecule has 1 aliphatic heterocycles. The summed E-state index contributed by atoms with van der Waals surface area (Å²) in [6.07, 6.45) is 0. The van der Waals surface area contributed by atoms with E-state index in [0.29, 0.717) is 0 Å². The van der Waals surface area contributed by atoms with Gasteiger partial charge < -0.3 is 5.21 Å². The summed E-state index contributed by atoms with van der Waals surface area (Å²) >= 11 is 0. The minimum atomic E-state index is -1.82. The van der Waals surface area contributed by atoms with E-state index in [1.165, 1.54) is 6.07 Å². The van der Waals surface area contributed by atoms with E-state index in [9.17, 15) is 24.7 Å². The molecule has 0 spiro atoms. The topological polar surface area (TPSA) is 104 Å². The molecular weight excluding hydrogens is 224 g/mol. The second kappa shape index (κ2) is 3.07. The van der Waals surface area contributed by atoms with Gasteiger partial charge in [0.15, 0.2) is 11.6 Å². The van der Waals surface area contributed by atoms with Crippen LogP contribution in [0.5, 0.6) is 0 Å². The number of nitro groups is 1. The van der Waals surface area contributed by atoms with Crippen LogP contribution in [0.25, 0.3) is 0 Å². The first-order valence-corrected chi connectivity index (χ1v) is 5.23. The number of non-ortho nitro benzene ring substituents is 1. The lowest BCUT2D eigenvalue weighted by Gasteiger charge is -2.26. The Balaban J connectivity index is 2.62. The van der Waals surface area contributed by atoms with Gasteiger partial charge in [-0.2, -0.15) is 4.81 Å². The lowest BCUT2D eigenvalue weighted by atomic mass is 10.3. The van der Waals surface area contributed by atoms with Crippen LogP contribution in [0.15, 0.2) is 23.1 Å². The fraction of sp³-hybridized carbons (Fsp3) is 0.143. The summed E-state index contributed by atoms with van der Waals surface area (Å²) in [5.41, 5.74) is -0.525. The Labute approximate surface area is 86.3 Å². The highest BCUT2D eigenvalue weighted by Crippen LogP contribution is 2.37. The largest absolute Gasteiger partial charge is 0.592 e. The van der Waals surface area contributed by atoms with Crippen LogP contribution < -0.4 is 4.81 Å². The molecule has 2 atom stereocenters. The molecule has 0 amide bonds. The van der Waals surface area contributed by atoms with Crippen LogP contribution in [0.1, 0.15) is 0 Å². The van der Waals surface area contributed by atoms with Gasteiger partial charge in [-0.05, 0) is 6.07 Å². The van der Waals surface area contributed by atoms with Gasteiger partial charge in [0.1, 0.15) is 15.7 Å². The lowest BCUT2D eigenvalue weighted by molar-refractivity contribution is -0.385. The molecule has 1 N–H and O–H groups in total. The van der Waals surface area contributed by atoms with Crippen LogP contribution in [0.4, 0.5) is 11.4 Å². The summed E-state index contributed by atoms with van der Waals surface area (Å²) in [6, 6.07) is 3.34. The Morgan fingerprint density at radius 1 is 1.53 bits per heavy atom. The maximum atomic E-state index is 11.4. The Morgan fingerprint density at radius 2 is 2.20 bits per heavy atom. The maximum absolute atomic E-state index is 11.4. The molecule has 0 aliphatic carbocycles. The fourth-order valence-corrected chi connectivity index (χ4v) is 2.63. The molecule has 0 bridgehead atoms. The molecule has 0 aromatic heterocycles. The number of nitrogens with zero attached hydrogens (tertiary/aromatic N) is 2. The van der Waals surface area contributed by atoms with Crippen molar-refractivity contribution in [2.24, 2.45) is 0 Å². The van der Waals surface area contributed by atoms with Crippen LogP contribution in [0.2, 0.25) is 0 Å². The van der Waals surface area contributed by atoms with Gasteiger partial charge in [0.25, 0.3) is 5.69 Å². The molecule has 1 aromatic rings. The quantitative estimate of drug-likeness (QED) is 0.333. The molecule has 1 aromatic carbocycles. The van der Waals surface area contributed by atoms with E-state index in [0.717, 1.165) is 12.1 Å². The predicted octanol–water partition coefficient (Wildman–Crippen LogP) is 0.868. The van der Waals surface area contributed by atoms with E-state index < -0.39 is 26.4 Å². The molecule has 0 saturated heterocycles. The van der Waals surface area contributed by atoms with Gasteiger partial charge >= 0.3 is 0 Å². The first kappa shape index (κ1) is 10.2. The van der Waals surface area contributed by atoms with Crippen molar-refractivity contribution in [3.63, 3.8) is 0 Å². The molecule has 80 valence electrons. The van der Waals surface area contributed by atoms with E-state index in [4.69, 9.17) is 0 Å². The lowest BCUT2D eigenvalue weighted by Crippen LogP contribution is -2.37. The van der Waals surface area contributed by atoms with E-state index in [1.807, 2.05) is 0 Å². The summed E-state index contributed by atoms with van der Waals surface area (Å²) < 4.78 is 11.3. The van der Waals surface area contributed by atoms with E-state index >= 15 is 0 Å². The van der Waals surface area contributed by atoms with Crippen LogP contribution in [0, 0.1) is 15.3 Å². The minimum absolute atomic E-state index is 0.151. The van der Waals surface area contributed by atoms with Gasteiger partial charge in [0, 0.05) is 6.07 Å². The zero-order valence-electron chi connectivity index (χ0n) is 7.32. The van der Waals surface area contributed by atoms with Crippen molar-refractivity contribution in [2.75, 3.05) is 5.88 Å². The zero-order chi connectivity index (χ0) is 11.2. The molecular formula is C7H6N2O5S. The number of nitro benzene ring substituents is 1. The van der Waals surface area contributed by atoms with Gasteiger partial charge in [-0.15, -0.1) is 0 Å². The normalized spacial score (nSPS) is 28.8. The summed E-state index contributed by atoms with van der Waals surface area (Å²) in [5, 5.41) is 31.1. The van der Waals surface area contributed by atoms with Gasteiger partial charge in [-0.3, -0.25) is 10.1 Å². The summed E-state index contributed by atoms with van der Waals surface area (Å²) in [5.74, 6) is -0.517. The van der Waals surface area contributed by atoms with Crippen LogP contribution in [-0.2, 0) is 10.8 Å². The third-order valence-corrected chi connectivity index (χ3v) is 3.49. The highest BCUT2D eigenvalue weighted by molar-refractivity contribution is 7.85. The number of benzene rings is 1. The minimum Gasteiger partial charge on any atom is -0.592 e. The predicted molar refractivity (Wildman–Crippen MR) is 51.3 cm³/mol. The SMILES string of the molecule is O=[N+]([O-])c1ccc2c(c1)[N+]([O-])(O)CS2=O. The van der Waals surface area contributed by atoms with Crippen LogP contribution in [0.3, 0.4) is 0 Å². The molecule has 15 heavy (non-hydrogen) atoms. The molecule has 0 saturated carbocycles. The number of quaternary nitrogens is 1. The van der Waals surface area contributed by atoms with E-state index in [2.05, 4.69) is 0 Å². The second-order valence-electron chi connectivity index (χ2n) is 3.09. The van der Waals surface area contributed by atoms with Gasteiger partial charge in [0.05, 0.1) is 11.0 Å². The van der Waals surface area contributed by atoms with E-state index in [1.54, 1.807) is 0 Å². The Morgan fingerprint density at radius 3 is 2.80 bits per heavy atom. The smallest absolute Gasteiger partial charge is 0.275 e. The molecule has 2 rings (SSSR count). The van der Waals surface area contributed by atoms with Crippen molar-refractivity contribution < 1.29 is 14.3 Å². The highest BCUT2D eigenvalue weighted by Gasteiger charge is 2.37. The maximum Gasteiger partial charge on any atom is 0.275 e. The molecule has 8 heteroatoms. The number of hydrogen-bond donors (Lipinski definition) is 1. The third kappa shape index (κ3) is 1.53. The van der Waals surface area contributed by atoms with Crippen molar-refractivity contribution >= 4 is 22.2 Å². The average molecular weight is 230 g/mol. The molecule has 2 unspecified atom stereocenters. The number of hydroxylamine groups is 2. The van der Waals surface area contributed by atoms with Crippen molar-refractivity contribution in [1.82, 2.24) is 4.81 Å². The Kier molecular flexibility index (Phi) is 2.08. The second-order valence-corrected chi connectivity index (χ2v) is 4.47. The van der Waals surface area contributed by atoms with Crippen molar-refractivity contribution in [1.29, 1.82) is 0 Å². The monoisotopic (exact) mass is 230 g/mol. The van der Waals surface area contributed by atoms with Gasteiger partial charge in [0.2, 0.25) is 0 Å². The van der Waals surface area contributed by atoms with E-state index in [-0.39, 0.29) is 16.3 Å². The molecule has 0 fully saturated rings. The molecule has 7 nitrogen and oxygen atoms in total. The summed E-state index contributed by atoms with van der Waals surface area (Å²) in [7, 11) is -1.60. The van der Waals surface area contributed by atoms with Gasteiger partial charge in [-0.1, -0.05) is 0 Å².